The molecule has 148 valence electrons. The molecule has 2 amide bonds. The molecule has 1 aromatic heterocycles. The molecule has 11 heteroatoms. The van der Waals surface area contributed by atoms with Crippen molar-refractivity contribution in [2.45, 2.75) is 12.6 Å². The highest BCUT2D eigenvalue weighted by Crippen LogP contribution is 2.35. The number of alkyl halides is 3. The zero-order chi connectivity index (χ0) is 20.9. The first kappa shape index (κ1) is 21.2. The fourth-order valence-electron chi connectivity index (χ4n) is 2.23. The summed E-state index contributed by atoms with van der Waals surface area (Å²) in [5.41, 5.74) is 10.2. The number of halogens is 4. The van der Waals surface area contributed by atoms with Crippen LogP contribution in [0.5, 0.6) is 0 Å². The summed E-state index contributed by atoms with van der Waals surface area (Å²) in [5, 5.41) is 1.86. The van der Waals surface area contributed by atoms with Gasteiger partial charge in [0.2, 0.25) is 5.91 Å². The molecule has 0 radical (unpaired) electrons. The topological polar surface area (TPSA) is 124 Å². The zero-order valence-electron chi connectivity index (χ0n) is 14.3. The average molecular weight is 414 g/mol. The molecule has 1 heterocycles. The molecule has 2 aromatic rings. The molecule has 28 heavy (non-hydrogen) atoms. The standard InChI is InChI=1S/C17H15ClF3N5O2/c18-13-2-1-9(4-12(13)17(19,20)21)3-10-6-24-15(25-7-10)11(5-22)16(28)26-8-14(23)27/h1-2,4-7H,3,8,22H2,(H2,23,27)(H,26,28)/b11-5+. The van der Waals surface area contributed by atoms with Gasteiger partial charge in [-0.15, -0.1) is 0 Å². The Hall–Kier alpha value is -3.14. The lowest BCUT2D eigenvalue weighted by atomic mass is 10.0. The number of hydrogen-bond acceptors (Lipinski definition) is 5. The molecule has 0 saturated heterocycles. The molecular weight excluding hydrogens is 399 g/mol. The SMILES string of the molecule is N/C=C(/C(=O)NCC(N)=O)c1ncc(Cc2ccc(Cl)c(C(F)(F)F)c2)cn1. The van der Waals surface area contributed by atoms with Crippen LogP contribution in [0.2, 0.25) is 5.02 Å². The van der Waals surface area contributed by atoms with Gasteiger partial charge in [-0.05, 0) is 23.3 Å². The minimum Gasteiger partial charge on any atom is -0.404 e. The van der Waals surface area contributed by atoms with Crippen molar-refractivity contribution in [2.75, 3.05) is 6.54 Å². The summed E-state index contributed by atoms with van der Waals surface area (Å²) in [4.78, 5) is 30.7. The van der Waals surface area contributed by atoms with Crippen molar-refractivity contribution in [1.82, 2.24) is 15.3 Å². The van der Waals surface area contributed by atoms with E-state index >= 15 is 0 Å². The van der Waals surface area contributed by atoms with Crippen LogP contribution in [0.1, 0.15) is 22.5 Å². The minimum absolute atomic E-state index is 0.0136. The summed E-state index contributed by atoms with van der Waals surface area (Å²) >= 11 is 5.60. The fraction of sp³-hybridized carbons (Fsp3) is 0.176. The van der Waals surface area contributed by atoms with Gasteiger partial charge in [-0.2, -0.15) is 13.2 Å². The van der Waals surface area contributed by atoms with E-state index in [1.807, 2.05) is 0 Å². The van der Waals surface area contributed by atoms with Crippen LogP contribution in [-0.4, -0.2) is 28.3 Å². The molecule has 2 rings (SSSR count). The molecule has 0 unspecified atom stereocenters. The molecule has 1 aromatic carbocycles. The van der Waals surface area contributed by atoms with Crippen LogP contribution in [0.3, 0.4) is 0 Å². The smallest absolute Gasteiger partial charge is 0.404 e. The summed E-state index contributed by atoms with van der Waals surface area (Å²) in [7, 11) is 0. The molecular formula is C17H15ClF3N5O2. The maximum atomic E-state index is 12.9. The molecule has 0 aliphatic rings. The third kappa shape index (κ3) is 5.43. The number of amides is 2. The second-order valence-corrected chi connectivity index (χ2v) is 6.04. The van der Waals surface area contributed by atoms with Gasteiger partial charge in [0.1, 0.15) is 0 Å². The van der Waals surface area contributed by atoms with Gasteiger partial charge in [-0.1, -0.05) is 17.7 Å². The highest BCUT2D eigenvalue weighted by atomic mass is 35.5. The van der Waals surface area contributed by atoms with Gasteiger partial charge < -0.3 is 16.8 Å². The third-order valence-corrected chi connectivity index (χ3v) is 3.85. The lowest BCUT2D eigenvalue weighted by Crippen LogP contribution is -2.34. The second kappa shape index (κ2) is 8.70. The van der Waals surface area contributed by atoms with Crippen molar-refractivity contribution in [1.29, 1.82) is 0 Å². The van der Waals surface area contributed by atoms with E-state index in [1.54, 1.807) is 0 Å². The van der Waals surface area contributed by atoms with E-state index in [2.05, 4.69) is 15.3 Å². The molecule has 0 aliphatic carbocycles. The summed E-state index contributed by atoms with van der Waals surface area (Å²) in [6, 6.07) is 3.60. The van der Waals surface area contributed by atoms with Crippen LogP contribution in [-0.2, 0) is 22.2 Å². The number of carbonyl (C=O) groups is 2. The van der Waals surface area contributed by atoms with Gasteiger partial charge in [0.15, 0.2) is 5.82 Å². The normalized spacial score (nSPS) is 11.9. The number of benzene rings is 1. The van der Waals surface area contributed by atoms with Crippen molar-refractivity contribution in [2.24, 2.45) is 11.5 Å². The quantitative estimate of drug-likeness (QED) is 0.621. The number of aromatic nitrogens is 2. The minimum atomic E-state index is -4.56. The van der Waals surface area contributed by atoms with E-state index in [-0.39, 0.29) is 29.4 Å². The number of nitrogens with zero attached hydrogens (tertiary/aromatic N) is 2. The van der Waals surface area contributed by atoms with Crippen molar-refractivity contribution >= 4 is 29.0 Å². The average Bonchev–Trinajstić information content (AvgIpc) is 2.62. The van der Waals surface area contributed by atoms with E-state index in [4.69, 9.17) is 23.1 Å². The van der Waals surface area contributed by atoms with E-state index in [0.29, 0.717) is 11.1 Å². The molecule has 0 spiro atoms. The lowest BCUT2D eigenvalue weighted by Gasteiger charge is -2.11. The summed E-state index contributed by atoms with van der Waals surface area (Å²) in [6.45, 7) is -0.383. The predicted octanol–water partition coefficient (Wildman–Crippen LogP) is 1.64. The number of hydrogen-bond donors (Lipinski definition) is 3. The van der Waals surface area contributed by atoms with Crippen LogP contribution >= 0.6 is 11.6 Å². The van der Waals surface area contributed by atoms with Gasteiger partial charge >= 0.3 is 6.18 Å². The van der Waals surface area contributed by atoms with Crippen molar-refractivity contribution in [3.05, 3.63) is 64.3 Å². The first-order valence-electron chi connectivity index (χ1n) is 7.77. The molecule has 7 nitrogen and oxygen atoms in total. The van der Waals surface area contributed by atoms with Gasteiger partial charge in [0.25, 0.3) is 5.91 Å². The molecule has 5 N–H and O–H groups in total. The van der Waals surface area contributed by atoms with Gasteiger partial charge in [-0.3, -0.25) is 9.59 Å². The molecule has 0 fully saturated rings. The Morgan fingerprint density at radius 1 is 1.18 bits per heavy atom. The first-order valence-corrected chi connectivity index (χ1v) is 8.15. The Morgan fingerprint density at radius 3 is 2.36 bits per heavy atom. The van der Waals surface area contributed by atoms with Crippen molar-refractivity contribution in [3.63, 3.8) is 0 Å². The summed E-state index contributed by atoms with van der Waals surface area (Å²) in [6.07, 6.45) is -0.757. The number of primary amides is 1. The molecule has 0 aliphatic heterocycles. The van der Waals surface area contributed by atoms with E-state index in [0.717, 1.165) is 12.3 Å². The lowest BCUT2D eigenvalue weighted by molar-refractivity contribution is -0.137. The van der Waals surface area contributed by atoms with Crippen LogP contribution < -0.4 is 16.8 Å². The van der Waals surface area contributed by atoms with Gasteiger partial charge in [-0.25, -0.2) is 9.97 Å². The Kier molecular flexibility index (Phi) is 6.57. The monoisotopic (exact) mass is 413 g/mol. The van der Waals surface area contributed by atoms with Gasteiger partial charge in [0.05, 0.1) is 22.7 Å². The Morgan fingerprint density at radius 2 is 1.82 bits per heavy atom. The predicted molar refractivity (Wildman–Crippen MR) is 95.7 cm³/mol. The summed E-state index contributed by atoms with van der Waals surface area (Å²) < 4.78 is 38.8. The number of rotatable bonds is 6. The number of nitrogens with one attached hydrogen (secondary N) is 1. The second-order valence-electron chi connectivity index (χ2n) is 5.63. The van der Waals surface area contributed by atoms with E-state index in [9.17, 15) is 22.8 Å². The van der Waals surface area contributed by atoms with E-state index in [1.165, 1.54) is 24.5 Å². The Bertz CT molecular complexity index is 914. The van der Waals surface area contributed by atoms with E-state index < -0.39 is 23.6 Å². The Labute approximate surface area is 162 Å². The maximum absolute atomic E-state index is 12.9. The number of carbonyl (C=O) groups excluding carboxylic acids is 2. The third-order valence-electron chi connectivity index (χ3n) is 3.53. The van der Waals surface area contributed by atoms with Crippen LogP contribution in [0, 0.1) is 0 Å². The van der Waals surface area contributed by atoms with Gasteiger partial charge in [0, 0.05) is 25.0 Å². The zero-order valence-corrected chi connectivity index (χ0v) is 15.0. The first-order chi connectivity index (χ1) is 13.1. The molecule has 0 saturated carbocycles. The maximum Gasteiger partial charge on any atom is 0.417 e. The highest BCUT2D eigenvalue weighted by molar-refractivity contribution is 6.31. The molecule has 0 atom stereocenters. The number of nitrogens with two attached hydrogens (primary N) is 2. The van der Waals surface area contributed by atoms with Crippen molar-refractivity contribution < 1.29 is 22.8 Å². The highest BCUT2D eigenvalue weighted by Gasteiger charge is 2.33. The van der Waals surface area contributed by atoms with Crippen LogP contribution in [0.4, 0.5) is 13.2 Å². The van der Waals surface area contributed by atoms with Crippen LogP contribution in [0.15, 0.2) is 36.8 Å². The summed E-state index contributed by atoms with van der Waals surface area (Å²) in [5.74, 6) is -1.44. The largest absolute Gasteiger partial charge is 0.417 e. The fourth-order valence-corrected chi connectivity index (χ4v) is 2.46. The Balaban J connectivity index is 2.17. The molecule has 0 bridgehead atoms. The van der Waals surface area contributed by atoms with Crippen LogP contribution in [0.25, 0.3) is 5.57 Å². The van der Waals surface area contributed by atoms with Crippen molar-refractivity contribution in [3.8, 4) is 0 Å².